The van der Waals surface area contributed by atoms with Crippen molar-refractivity contribution in [3.8, 4) is 6.07 Å². The lowest BCUT2D eigenvalue weighted by Crippen LogP contribution is -2.51. The topological polar surface area (TPSA) is 56.1 Å². The summed E-state index contributed by atoms with van der Waals surface area (Å²) in [6, 6.07) is 10.4. The van der Waals surface area contributed by atoms with Crippen molar-refractivity contribution in [3.63, 3.8) is 0 Å². The molecule has 2 aliphatic rings. The summed E-state index contributed by atoms with van der Waals surface area (Å²) in [5, 5.41) is 12.6. The molecule has 0 radical (unpaired) electrons. The van der Waals surface area contributed by atoms with Gasteiger partial charge in [-0.2, -0.15) is 5.26 Å². The Bertz CT molecular complexity index is 603. The third-order valence-corrected chi connectivity index (χ3v) is 5.12. The molecule has 122 valence electrons. The molecule has 1 aliphatic carbocycles. The summed E-state index contributed by atoms with van der Waals surface area (Å²) in [6.07, 6.45) is 4.28. The van der Waals surface area contributed by atoms with Crippen LogP contribution in [0.1, 0.15) is 43.7 Å². The normalized spacial score (nSPS) is 24.3. The van der Waals surface area contributed by atoms with Crippen LogP contribution in [-0.2, 0) is 11.3 Å². The number of likely N-dealkylation sites (tertiary alicyclic amines) is 1. The van der Waals surface area contributed by atoms with Crippen LogP contribution in [0.25, 0.3) is 0 Å². The van der Waals surface area contributed by atoms with Gasteiger partial charge in [0.25, 0.3) is 0 Å². The zero-order valence-corrected chi connectivity index (χ0v) is 13.8. The first-order chi connectivity index (χ1) is 11.2. The van der Waals surface area contributed by atoms with E-state index >= 15 is 0 Å². The number of nitrogens with zero attached hydrogens (tertiary/aromatic N) is 2. The molecular formula is C19H25N3O. The molecule has 1 amide bonds. The van der Waals surface area contributed by atoms with Crippen LogP contribution in [0.5, 0.6) is 0 Å². The number of hydrogen-bond acceptors (Lipinski definition) is 3. The summed E-state index contributed by atoms with van der Waals surface area (Å²) in [4.78, 5) is 14.3. The van der Waals surface area contributed by atoms with Crippen molar-refractivity contribution in [1.82, 2.24) is 10.2 Å². The number of carbonyl (C=O) groups excluding carboxylic acids is 1. The monoisotopic (exact) mass is 311 g/mol. The van der Waals surface area contributed by atoms with E-state index in [2.05, 4.69) is 29.3 Å². The van der Waals surface area contributed by atoms with Crippen LogP contribution < -0.4 is 5.32 Å². The second kappa shape index (κ2) is 7.14. The van der Waals surface area contributed by atoms with Crippen molar-refractivity contribution in [2.45, 2.75) is 45.2 Å². The van der Waals surface area contributed by atoms with Gasteiger partial charge in [0.2, 0.25) is 5.91 Å². The molecule has 1 saturated carbocycles. The van der Waals surface area contributed by atoms with E-state index in [0.717, 1.165) is 50.9 Å². The summed E-state index contributed by atoms with van der Waals surface area (Å²) in [5.74, 6) is 1.22. The first-order valence-electron chi connectivity index (χ1n) is 8.72. The highest BCUT2D eigenvalue weighted by Gasteiger charge is 2.37. The number of carbonyl (C=O) groups is 1. The van der Waals surface area contributed by atoms with Gasteiger partial charge in [0, 0.05) is 31.6 Å². The summed E-state index contributed by atoms with van der Waals surface area (Å²) >= 11 is 0. The van der Waals surface area contributed by atoms with E-state index in [9.17, 15) is 4.79 Å². The number of hydrogen-bond donors (Lipinski definition) is 1. The molecular weight excluding hydrogens is 286 g/mol. The average molecular weight is 311 g/mol. The van der Waals surface area contributed by atoms with Crippen molar-refractivity contribution < 1.29 is 4.79 Å². The molecule has 0 aromatic heterocycles. The lowest BCUT2D eigenvalue weighted by atomic mass is 9.89. The Morgan fingerprint density at radius 3 is 2.91 bits per heavy atom. The Balaban J connectivity index is 1.55. The Labute approximate surface area is 138 Å². The molecule has 0 spiro atoms. The first kappa shape index (κ1) is 16.0. The van der Waals surface area contributed by atoms with Crippen molar-refractivity contribution in [3.05, 3.63) is 35.4 Å². The molecule has 23 heavy (non-hydrogen) atoms. The van der Waals surface area contributed by atoms with E-state index in [4.69, 9.17) is 5.26 Å². The fourth-order valence-corrected chi connectivity index (χ4v) is 3.50. The van der Waals surface area contributed by atoms with Gasteiger partial charge in [0.05, 0.1) is 11.6 Å². The predicted octanol–water partition coefficient (Wildman–Crippen LogP) is 2.68. The second-order valence-electron chi connectivity index (χ2n) is 6.82. The van der Waals surface area contributed by atoms with E-state index in [1.165, 1.54) is 0 Å². The summed E-state index contributed by atoms with van der Waals surface area (Å²) < 4.78 is 0. The van der Waals surface area contributed by atoms with Gasteiger partial charge in [-0.25, -0.2) is 0 Å². The highest BCUT2D eigenvalue weighted by atomic mass is 16.2. The molecule has 0 unspecified atom stereocenters. The minimum atomic E-state index is 0.325. The molecule has 4 heteroatoms. The summed E-state index contributed by atoms with van der Waals surface area (Å²) in [7, 11) is 0. The van der Waals surface area contributed by atoms with Crippen LogP contribution in [0.15, 0.2) is 24.3 Å². The van der Waals surface area contributed by atoms with Gasteiger partial charge in [-0.1, -0.05) is 25.5 Å². The van der Waals surface area contributed by atoms with Gasteiger partial charge in [0.1, 0.15) is 0 Å². The molecule has 4 nitrogen and oxygen atoms in total. The first-order valence-corrected chi connectivity index (χ1v) is 8.72. The van der Waals surface area contributed by atoms with Crippen LogP contribution in [0.4, 0.5) is 0 Å². The van der Waals surface area contributed by atoms with Crippen LogP contribution in [0.2, 0.25) is 0 Å². The molecule has 1 N–H and O–H groups in total. The Morgan fingerprint density at radius 2 is 2.22 bits per heavy atom. The minimum Gasteiger partial charge on any atom is -0.342 e. The lowest BCUT2D eigenvalue weighted by Gasteiger charge is -2.39. The molecule has 2 fully saturated rings. The third-order valence-electron chi connectivity index (χ3n) is 5.12. The average Bonchev–Trinajstić information content (AvgIpc) is 3.44. The van der Waals surface area contributed by atoms with Crippen molar-refractivity contribution in [1.29, 1.82) is 5.26 Å². The largest absolute Gasteiger partial charge is 0.342 e. The smallest absolute Gasteiger partial charge is 0.225 e. The highest BCUT2D eigenvalue weighted by molar-refractivity contribution is 5.81. The van der Waals surface area contributed by atoms with E-state index in [1.807, 2.05) is 18.2 Å². The molecule has 1 heterocycles. The van der Waals surface area contributed by atoms with E-state index < -0.39 is 0 Å². The maximum absolute atomic E-state index is 12.3. The van der Waals surface area contributed by atoms with Gasteiger partial charge >= 0.3 is 0 Å². The summed E-state index contributed by atoms with van der Waals surface area (Å²) in [6.45, 7) is 4.76. The molecule has 2 atom stereocenters. The highest BCUT2D eigenvalue weighted by Crippen LogP contribution is 2.33. The Hall–Kier alpha value is -1.86. The summed E-state index contributed by atoms with van der Waals surface area (Å²) in [5.41, 5.74) is 1.86. The minimum absolute atomic E-state index is 0.325. The molecule has 0 bridgehead atoms. The van der Waals surface area contributed by atoms with Crippen LogP contribution in [-0.4, -0.2) is 29.9 Å². The maximum atomic E-state index is 12.3. The van der Waals surface area contributed by atoms with E-state index in [1.54, 1.807) is 0 Å². The van der Waals surface area contributed by atoms with Gasteiger partial charge < -0.3 is 10.2 Å². The van der Waals surface area contributed by atoms with Crippen LogP contribution >= 0.6 is 0 Å². The third kappa shape index (κ3) is 3.92. The van der Waals surface area contributed by atoms with Gasteiger partial charge in [-0.3, -0.25) is 4.79 Å². The lowest BCUT2D eigenvalue weighted by molar-refractivity contribution is -0.134. The Morgan fingerprint density at radius 1 is 1.39 bits per heavy atom. The predicted molar refractivity (Wildman–Crippen MR) is 89.5 cm³/mol. The van der Waals surface area contributed by atoms with Gasteiger partial charge in [-0.05, 0) is 42.9 Å². The van der Waals surface area contributed by atoms with Crippen molar-refractivity contribution in [2.75, 3.05) is 13.1 Å². The number of nitriles is 1. The van der Waals surface area contributed by atoms with Gasteiger partial charge in [-0.15, -0.1) is 0 Å². The molecule has 1 aromatic carbocycles. The fourth-order valence-electron chi connectivity index (χ4n) is 3.50. The van der Waals surface area contributed by atoms with Crippen LogP contribution in [0, 0.1) is 23.2 Å². The standard InChI is InChI=1S/C19H25N3O/c1-2-16-13-22(19(23)17-6-7-17)9-8-18(16)21-12-15-5-3-4-14(10-15)11-20/h3-5,10,16-18,21H,2,6-9,12-13H2,1H3/t16-,18-/m0/s1. The van der Waals surface area contributed by atoms with Crippen molar-refractivity contribution in [2.24, 2.45) is 11.8 Å². The maximum Gasteiger partial charge on any atom is 0.225 e. The number of rotatable bonds is 5. The van der Waals surface area contributed by atoms with E-state index in [-0.39, 0.29) is 0 Å². The fraction of sp³-hybridized carbons (Fsp3) is 0.579. The molecule has 1 aliphatic heterocycles. The van der Waals surface area contributed by atoms with Crippen molar-refractivity contribution >= 4 is 5.91 Å². The zero-order chi connectivity index (χ0) is 16.2. The zero-order valence-electron chi connectivity index (χ0n) is 13.8. The van der Waals surface area contributed by atoms with Gasteiger partial charge in [0.15, 0.2) is 0 Å². The molecule has 1 saturated heterocycles. The number of nitrogens with one attached hydrogen (secondary N) is 1. The quantitative estimate of drug-likeness (QED) is 0.909. The van der Waals surface area contributed by atoms with E-state index in [0.29, 0.717) is 29.3 Å². The Kier molecular flexibility index (Phi) is 4.97. The number of amides is 1. The number of benzene rings is 1. The molecule has 1 aromatic rings. The number of piperidine rings is 1. The second-order valence-corrected chi connectivity index (χ2v) is 6.82. The van der Waals surface area contributed by atoms with Crippen LogP contribution in [0.3, 0.4) is 0 Å². The molecule has 3 rings (SSSR count). The SMILES string of the molecule is CC[C@H]1CN(C(=O)C2CC2)CC[C@@H]1NCc1cccc(C#N)c1.